The van der Waals surface area contributed by atoms with Crippen LogP contribution in [0.1, 0.15) is 34.3 Å². The van der Waals surface area contributed by atoms with Crippen molar-refractivity contribution in [3.05, 3.63) is 69.2 Å². The van der Waals surface area contributed by atoms with E-state index in [4.69, 9.17) is 23.2 Å². The van der Waals surface area contributed by atoms with Crippen molar-refractivity contribution >= 4 is 41.2 Å². The normalized spacial score (nSPS) is 15.0. The van der Waals surface area contributed by atoms with Gasteiger partial charge in [-0.05, 0) is 37.5 Å². The molecule has 0 atom stereocenters. The number of piperidine rings is 1. The molecule has 3 rings (SSSR count). The molecule has 0 radical (unpaired) electrons. The number of nitrogens with zero attached hydrogens (tertiary/aromatic N) is 2. The second-order valence-electron chi connectivity index (χ2n) is 6.76. The van der Waals surface area contributed by atoms with Gasteiger partial charge in [0, 0.05) is 30.1 Å². The molecule has 1 saturated heterocycles. The Kier molecular flexibility index (Phi) is 6.70. The Labute approximate surface area is 174 Å². The maximum absolute atomic E-state index is 12.7. The van der Waals surface area contributed by atoms with Crippen molar-refractivity contribution in [2.75, 3.05) is 13.1 Å². The minimum Gasteiger partial charge on any atom is -0.339 e. The van der Waals surface area contributed by atoms with Gasteiger partial charge in [0.15, 0.2) is 0 Å². The van der Waals surface area contributed by atoms with E-state index in [1.807, 2.05) is 31.2 Å². The molecule has 0 aliphatic carbocycles. The first-order valence-corrected chi connectivity index (χ1v) is 9.85. The SMILES string of the molecule is Cc1ccccc1C(=O)N1CCC(C(=O)N/N=C\c2cccc(Cl)c2Cl)CC1. The summed E-state index contributed by atoms with van der Waals surface area (Å²) in [7, 11) is 0. The third kappa shape index (κ3) is 4.72. The third-order valence-corrected chi connectivity index (χ3v) is 5.72. The second kappa shape index (κ2) is 9.22. The molecule has 0 unspecified atom stereocenters. The van der Waals surface area contributed by atoms with Crippen LogP contribution in [-0.2, 0) is 4.79 Å². The first-order chi connectivity index (χ1) is 13.5. The zero-order valence-corrected chi connectivity index (χ0v) is 17.0. The molecule has 1 aliphatic rings. The van der Waals surface area contributed by atoms with Crippen LogP contribution in [0.15, 0.2) is 47.6 Å². The Morgan fingerprint density at radius 2 is 1.82 bits per heavy atom. The van der Waals surface area contributed by atoms with Crippen molar-refractivity contribution in [2.45, 2.75) is 19.8 Å². The van der Waals surface area contributed by atoms with E-state index in [2.05, 4.69) is 10.5 Å². The molecule has 5 nitrogen and oxygen atoms in total. The van der Waals surface area contributed by atoms with Crippen LogP contribution < -0.4 is 5.43 Å². The van der Waals surface area contributed by atoms with Crippen molar-refractivity contribution in [1.29, 1.82) is 0 Å². The van der Waals surface area contributed by atoms with E-state index >= 15 is 0 Å². The van der Waals surface area contributed by atoms with Gasteiger partial charge in [-0.3, -0.25) is 9.59 Å². The molecular weight excluding hydrogens is 397 g/mol. The molecule has 146 valence electrons. The van der Waals surface area contributed by atoms with Gasteiger partial charge in [0.2, 0.25) is 5.91 Å². The highest BCUT2D eigenvalue weighted by Gasteiger charge is 2.28. The van der Waals surface area contributed by atoms with Gasteiger partial charge < -0.3 is 4.90 Å². The van der Waals surface area contributed by atoms with Crippen LogP contribution in [0.25, 0.3) is 0 Å². The number of nitrogens with one attached hydrogen (secondary N) is 1. The van der Waals surface area contributed by atoms with Crippen molar-refractivity contribution in [3.8, 4) is 0 Å². The number of halogens is 2. The summed E-state index contributed by atoms with van der Waals surface area (Å²) >= 11 is 12.0. The highest BCUT2D eigenvalue weighted by atomic mass is 35.5. The smallest absolute Gasteiger partial charge is 0.254 e. The summed E-state index contributed by atoms with van der Waals surface area (Å²) < 4.78 is 0. The van der Waals surface area contributed by atoms with Crippen molar-refractivity contribution < 1.29 is 9.59 Å². The Morgan fingerprint density at radius 1 is 1.11 bits per heavy atom. The van der Waals surface area contributed by atoms with Gasteiger partial charge in [0.05, 0.1) is 16.3 Å². The number of hydrogen-bond donors (Lipinski definition) is 1. The molecule has 1 N–H and O–H groups in total. The van der Waals surface area contributed by atoms with E-state index in [1.165, 1.54) is 6.21 Å². The third-order valence-electron chi connectivity index (χ3n) is 4.89. The summed E-state index contributed by atoms with van der Waals surface area (Å²) in [5.41, 5.74) is 4.87. The lowest BCUT2D eigenvalue weighted by molar-refractivity contribution is -0.126. The number of carbonyl (C=O) groups excluding carboxylic acids is 2. The maximum Gasteiger partial charge on any atom is 0.254 e. The second-order valence-corrected chi connectivity index (χ2v) is 7.54. The molecule has 28 heavy (non-hydrogen) atoms. The van der Waals surface area contributed by atoms with Crippen LogP contribution in [0.5, 0.6) is 0 Å². The van der Waals surface area contributed by atoms with Gasteiger partial charge in [-0.15, -0.1) is 0 Å². The first kappa shape index (κ1) is 20.4. The number of hydrogen-bond acceptors (Lipinski definition) is 3. The Balaban J connectivity index is 1.52. The van der Waals surface area contributed by atoms with Gasteiger partial charge in [0.25, 0.3) is 5.91 Å². The van der Waals surface area contributed by atoms with Crippen LogP contribution in [0.3, 0.4) is 0 Å². The molecule has 0 aromatic heterocycles. The summed E-state index contributed by atoms with van der Waals surface area (Å²) in [4.78, 5) is 26.8. The molecule has 7 heteroatoms. The number of rotatable bonds is 4. The minimum absolute atomic E-state index is 0.0191. The number of likely N-dealkylation sites (tertiary alicyclic amines) is 1. The summed E-state index contributed by atoms with van der Waals surface area (Å²) in [6, 6.07) is 12.8. The molecule has 0 saturated carbocycles. The van der Waals surface area contributed by atoms with E-state index < -0.39 is 0 Å². The van der Waals surface area contributed by atoms with Crippen molar-refractivity contribution in [3.63, 3.8) is 0 Å². The first-order valence-electron chi connectivity index (χ1n) is 9.09. The average Bonchev–Trinajstić information content (AvgIpc) is 2.71. The number of carbonyl (C=O) groups is 2. The fourth-order valence-corrected chi connectivity index (χ4v) is 3.56. The van der Waals surface area contributed by atoms with Gasteiger partial charge in [-0.1, -0.05) is 53.5 Å². The maximum atomic E-state index is 12.7. The average molecular weight is 418 g/mol. The van der Waals surface area contributed by atoms with E-state index in [0.29, 0.717) is 47.1 Å². The standard InChI is InChI=1S/C21H21Cl2N3O2/c1-14-5-2-3-7-17(14)21(28)26-11-9-15(10-12-26)20(27)25-24-13-16-6-4-8-18(22)19(16)23/h2-8,13,15H,9-12H2,1H3,(H,25,27)/b24-13-. The topological polar surface area (TPSA) is 61.8 Å². The van der Waals surface area contributed by atoms with E-state index in [1.54, 1.807) is 23.1 Å². The van der Waals surface area contributed by atoms with Crippen LogP contribution in [0.4, 0.5) is 0 Å². The van der Waals surface area contributed by atoms with Crippen LogP contribution in [0.2, 0.25) is 10.0 Å². The summed E-state index contributed by atoms with van der Waals surface area (Å²) in [6.45, 7) is 3.03. The Morgan fingerprint density at radius 3 is 2.54 bits per heavy atom. The van der Waals surface area contributed by atoms with Gasteiger partial charge in [-0.25, -0.2) is 5.43 Å². The number of hydrazone groups is 1. The molecular formula is C21H21Cl2N3O2. The summed E-state index contributed by atoms with van der Waals surface area (Å²) in [5, 5.41) is 4.81. The summed E-state index contributed by atoms with van der Waals surface area (Å²) in [6.07, 6.45) is 2.69. The van der Waals surface area contributed by atoms with E-state index in [0.717, 1.165) is 5.56 Å². The zero-order chi connectivity index (χ0) is 20.1. The molecule has 1 fully saturated rings. The molecule has 2 aromatic rings. The molecule has 2 aromatic carbocycles. The van der Waals surface area contributed by atoms with E-state index in [-0.39, 0.29) is 17.7 Å². The predicted molar refractivity (Wildman–Crippen MR) is 112 cm³/mol. The number of benzene rings is 2. The lowest BCUT2D eigenvalue weighted by Gasteiger charge is -2.31. The molecule has 1 heterocycles. The summed E-state index contributed by atoms with van der Waals surface area (Å²) in [5.74, 6) is -0.309. The molecule has 1 aliphatic heterocycles. The lowest BCUT2D eigenvalue weighted by Crippen LogP contribution is -2.42. The fourth-order valence-electron chi connectivity index (χ4n) is 3.20. The van der Waals surface area contributed by atoms with Crippen molar-refractivity contribution in [1.82, 2.24) is 10.3 Å². The largest absolute Gasteiger partial charge is 0.339 e. The highest BCUT2D eigenvalue weighted by molar-refractivity contribution is 6.43. The number of aryl methyl sites for hydroxylation is 1. The quantitative estimate of drug-likeness (QED) is 0.595. The van der Waals surface area contributed by atoms with Crippen LogP contribution in [0, 0.1) is 12.8 Å². The molecule has 2 amide bonds. The highest BCUT2D eigenvalue weighted by Crippen LogP contribution is 2.24. The van der Waals surface area contributed by atoms with Crippen LogP contribution >= 0.6 is 23.2 Å². The van der Waals surface area contributed by atoms with Crippen LogP contribution in [-0.4, -0.2) is 36.0 Å². The van der Waals surface area contributed by atoms with Gasteiger partial charge >= 0.3 is 0 Å². The Hall–Kier alpha value is -2.37. The Bertz CT molecular complexity index is 906. The lowest BCUT2D eigenvalue weighted by atomic mass is 9.95. The predicted octanol–water partition coefficient (Wildman–Crippen LogP) is 4.30. The van der Waals surface area contributed by atoms with E-state index in [9.17, 15) is 9.59 Å². The zero-order valence-electron chi connectivity index (χ0n) is 15.5. The number of amides is 2. The molecule has 0 bridgehead atoms. The van der Waals surface area contributed by atoms with Crippen molar-refractivity contribution in [2.24, 2.45) is 11.0 Å². The van der Waals surface area contributed by atoms with Gasteiger partial charge in [-0.2, -0.15) is 5.10 Å². The van der Waals surface area contributed by atoms with Gasteiger partial charge in [0.1, 0.15) is 0 Å². The monoisotopic (exact) mass is 417 g/mol. The minimum atomic E-state index is -0.173. The fraction of sp³-hybridized carbons (Fsp3) is 0.286. The molecule has 0 spiro atoms.